The Morgan fingerprint density at radius 2 is 2.14 bits per heavy atom. The first kappa shape index (κ1) is 11.7. The van der Waals surface area contributed by atoms with Gasteiger partial charge in [0, 0.05) is 10.9 Å². The molecule has 0 saturated heterocycles. The highest BCUT2D eigenvalue weighted by Gasteiger charge is 2.09. The molecule has 0 bridgehead atoms. The maximum Gasteiger partial charge on any atom is 0.0798 e. The van der Waals surface area contributed by atoms with Crippen LogP contribution in [-0.4, -0.2) is 11.5 Å². The Labute approximate surface area is 90.8 Å². The fourth-order valence-electron chi connectivity index (χ4n) is 1.41. The third-order valence-electron chi connectivity index (χ3n) is 2.35. The molecule has 3 heteroatoms. The number of nitrogens with zero attached hydrogens (tertiary/aromatic N) is 1. The lowest BCUT2D eigenvalue weighted by Crippen LogP contribution is -2.20. The first-order chi connectivity index (χ1) is 6.61. The van der Waals surface area contributed by atoms with E-state index in [0.29, 0.717) is 6.04 Å². The summed E-state index contributed by atoms with van der Waals surface area (Å²) in [5.41, 5.74) is 3.09. The Hall–Kier alpha value is -0.410. The van der Waals surface area contributed by atoms with E-state index in [1.807, 2.05) is 5.51 Å². The molecule has 0 aliphatic rings. The number of aryl methyl sites for hydroxylation is 1. The van der Waals surface area contributed by atoms with Crippen LogP contribution in [0.1, 0.15) is 43.8 Å². The summed E-state index contributed by atoms with van der Waals surface area (Å²) in [7, 11) is 0. The topological polar surface area (TPSA) is 24.9 Å². The van der Waals surface area contributed by atoms with Gasteiger partial charge in [0.05, 0.1) is 11.2 Å². The van der Waals surface area contributed by atoms with Crippen molar-refractivity contribution in [3.63, 3.8) is 0 Å². The van der Waals surface area contributed by atoms with Crippen LogP contribution >= 0.6 is 11.3 Å². The van der Waals surface area contributed by atoms with E-state index in [4.69, 9.17) is 0 Å². The quantitative estimate of drug-likeness (QED) is 0.811. The lowest BCUT2D eigenvalue weighted by molar-refractivity contribution is 0.499. The van der Waals surface area contributed by atoms with Gasteiger partial charge in [0.25, 0.3) is 0 Å². The summed E-state index contributed by atoms with van der Waals surface area (Å²) >= 11 is 1.74. The molecular weight excluding hydrogens is 192 g/mol. The predicted molar refractivity (Wildman–Crippen MR) is 62.7 cm³/mol. The molecule has 0 radical (unpaired) electrons. The van der Waals surface area contributed by atoms with Crippen LogP contribution in [0.2, 0.25) is 0 Å². The van der Waals surface area contributed by atoms with Crippen LogP contribution in [0.15, 0.2) is 5.51 Å². The minimum atomic E-state index is 0.446. The number of thiazole rings is 1. The number of hydrogen-bond acceptors (Lipinski definition) is 3. The fraction of sp³-hybridized carbons (Fsp3) is 0.727. The fourth-order valence-corrected chi connectivity index (χ4v) is 2.24. The average Bonchev–Trinajstić information content (AvgIpc) is 2.50. The summed E-state index contributed by atoms with van der Waals surface area (Å²) in [5, 5.41) is 3.53. The molecule has 1 atom stereocenters. The maximum atomic E-state index is 4.26. The zero-order valence-corrected chi connectivity index (χ0v) is 10.3. The van der Waals surface area contributed by atoms with Gasteiger partial charge in [-0.1, -0.05) is 13.8 Å². The lowest BCUT2D eigenvalue weighted by atomic mass is 10.1. The van der Waals surface area contributed by atoms with Crippen LogP contribution in [0.4, 0.5) is 0 Å². The van der Waals surface area contributed by atoms with Crippen LogP contribution in [0.3, 0.4) is 0 Å². The van der Waals surface area contributed by atoms with Crippen molar-refractivity contribution in [1.29, 1.82) is 0 Å². The van der Waals surface area contributed by atoms with E-state index >= 15 is 0 Å². The van der Waals surface area contributed by atoms with E-state index in [-0.39, 0.29) is 0 Å². The zero-order valence-electron chi connectivity index (χ0n) is 9.50. The minimum Gasteiger partial charge on any atom is -0.309 e. The molecular formula is C11H20N2S. The van der Waals surface area contributed by atoms with Gasteiger partial charge in [0.1, 0.15) is 0 Å². The molecule has 1 rings (SSSR count). The second kappa shape index (κ2) is 5.47. The second-order valence-electron chi connectivity index (χ2n) is 4.16. The van der Waals surface area contributed by atoms with Crippen molar-refractivity contribution in [3.05, 3.63) is 16.1 Å². The van der Waals surface area contributed by atoms with Gasteiger partial charge in [-0.15, -0.1) is 11.3 Å². The molecule has 0 fully saturated rings. The molecule has 1 unspecified atom stereocenters. The van der Waals surface area contributed by atoms with Gasteiger partial charge in [-0.3, -0.25) is 0 Å². The smallest absolute Gasteiger partial charge is 0.0798 e. The van der Waals surface area contributed by atoms with E-state index in [0.717, 1.165) is 12.5 Å². The van der Waals surface area contributed by atoms with Crippen LogP contribution in [0.25, 0.3) is 0 Å². The molecule has 2 nitrogen and oxygen atoms in total. The van der Waals surface area contributed by atoms with E-state index in [9.17, 15) is 0 Å². The van der Waals surface area contributed by atoms with Crippen LogP contribution < -0.4 is 5.32 Å². The second-order valence-corrected chi connectivity index (χ2v) is 5.05. The summed E-state index contributed by atoms with van der Waals surface area (Å²) in [5.74, 6) is 0.775. The maximum absolute atomic E-state index is 4.26. The summed E-state index contributed by atoms with van der Waals surface area (Å²) < 4.78 is 0. The summed E-state index contributed by atoms with van der Waals surface area (Å²) in [6.45, 7) is 9.89. The molecule has 0 aromatic carbocycles. The van der Waals surface area contributed by atoms with Crippen molar-refractivity contribution in [2.45, 2.75) is 40.2 Å². The first-order valence-electron chi connectivity index (χ1n) is 5.24. The normalized spacial score (nSPS) is 13.5. The number of hydrogen-bond donors (Lipinski definition) is 1. The van der Waals surface area contributed by atoms with Gasteiger partial charge in [-0.25, -0.2) is 4.98 Å². The SMILES string of the molecule is Cc1ncsc1C(C)NCCC(C)C. The molecule has 0 saturated carbocycles. The summed E-state index contributed by atoms with van der Waals surface area (Å²) in [6, 6.07) is 0.446. The van der Waals surface area contributed by atoms with Gasteiger partial charge in [0.15, 0.2) is 0 Å². The number of rotatable bonds is 5. The van der Waals surface area contributed by atoms with Crippen molar-refractivity contribution < 1.29 is 0 Å². The molecule has 0 spiro atoms. The van der Waals surface area contributed by atoms with Crippen LogP contribution in [0.5, 0.6) is 0 Å². The van der Waals surface area contributed by atoms with Gasteiger partial charge < -0.3 is 5.32 Å². The predicted octanol–water partition coefficient (Wildman–Crippen LogP) is 3.15. The Bertz CT molecular complexity index is 268. The van der Waals surface area contributed by atoms with Crippen LogP contribution in [-0.2, 0) is 0 Å². The van der Waals surface area contributed by atoms with E-state index in [2.05, 4.69) is 38.0 Å². The van der Waals surface area contributed by atoms with Crippen molar-refractivity contribution in [1.82, 2.24) is 10.3 Å². The van der Waals surface area contributed by atoms with Gasteiger partial charge in [-0.2, -0.15) is 0 Å². The Morgan fingerprint density at radius 1 is 1.43 bits per heavy atom. The first-order valence-corrected chi connectivity index (χ1v) is 6.12. The van der Waals surface area contributed by atoms with E-state index in [1.165, 1.54) is 17.0 Å². The van der Waals surface area contributed by atoms with Gasteiger partial charge in [-0.05, 0) is 32.7 Å². The Morgan fingerprint density at radius 3 is 2.64 bits per heavy atom. The minimum absolute atomic E-state index is 0.446. The molecule has 0 aliphatic carbocycles. The highest BCUT2D eigenvalue weighted by Crippen LogP contribution is 2.20. The average molecular weight is 212 g/mol. The molecule has 1 aromatic rings. The standard InChI is InChI=1S/C11H20N2S/c1-8(2)5-6-12-9(3)11-10(4)13-7-14-11/h7-9,12H,5-6H2,1-4H3. The Balaban J connectivity index is 2.36. The third-order valence-corrected chi connectivity index (χ3v) is 3.46. The Kier molecular flexibility index (Phi) is 4.55. The lowest BCUT2D eigenvalue weighted by Gasteiger charge is -2.13. The molecule has 80 valence electrons. The third kappa shape index (κ3) is 3.39. The molecule has 0 aliphatic heterocycles. The van der Waals surface area contributed by atoms with Crippen molar-refractivity contribution >= 4 is 11.3 Å². The molecule has 1 N–H and O–H groups in total. The monoisotopic (exact) mass is 212 g/mol. The molecule has 0 amide bonds. The summed E-state index contributed by atoms with van der Waals surface area (Å²) in [4.78, 5) is 5.63. The highest BCUT2D eigenvalue weighted by atomic mass is 32.1. The highest BCUT2D eigenvalue weighted by molar-refractivity contribution is 7.09. The summed E-state index contributed by atoms with van der Waals surface area (Å²) in [6.07, 6.45) is 1.24. The zero-order chi connectivity index (χ0) is 10.6. The number of aromatic nitrogens is 1. The number of nitrogens with one attached hydrogen (secondary N) is 1. The van der Waals surface area contributed by atoms with Crippen molar-refractivity contribution in [3.8, 4) is 0 Å². The molecule has 1 aromatic heterocycles. The molecule has 14 heavy (non-hydrogen) atoms. The van der Waals surface area contributed by atoms with Gasteiger partial charge in [0.2, 0.25) is 0 Å². The van der Waals surface area contributed by atoms with E-state index < -0.39 is 0 Å². The van der Waals surface area contributed by atoms with Gasteiger partial charge >= 0.3 is 0 Å². The van der Waals surface area contributed by atoms with Crippen molar-refractivity contribution in [2.75, 3.05) is 6.54 Å². The molecule has 1 heterocycles. The van der Waals surface area contributed by atoms with Crippen LogP contribution in [0, 0.1) is 12.8 Å². The van der Waals surface area contributed by atoms with Crippen molar-refractivity contribution in [2.24, 2.45) is 5.92 Å². The van der Waals surface area contributed by atoms with E-state index in [1.54, 1.807) is 11.3 Å². The largest absolute Gasteiger partial charge is 0.309 e.